The summed E-state index contributed by atoms with van der Waals surface area (Å²) in [4.78, 5) is 4.04. The highest BCUT2D eigenvalue weighted by atomic mass is 127. The quantitative estimate of drug-likeness (QED) is 0.633. The SMILES string of the molecule is IC1=NC=NN2C=CNC12. The fourth-order valence-corrected chi connectivity index (χ4v) is 1.46. The number of halogens is 1. The Balaban J connectivity index is 2.29. The van der Waals surface area contributed by atoms with Crippen LogP contribution in [0.15, 0.2) is 22.5 Å². The highest BCUT2D eigenvalue weighted by Gasteiger charge is 2.23. The average molecular weight is 248 g/mol. The summed E-state index contributed by atoms with van der Waals surface area (Å²) in [5.41, 5.74) is 0. The Kier molecular flexibility index (Phi) is 1.37. The lowest BCUT2D eigenvalue weighted by Gasteiger charge is -2.21. The van der Waals surface area contributed by atoms with Crippen molar-refractivity contribution in [3.8, 4) is 0 Å². The minimum absolute atomic E-state index is 0.144. The molecule has 0 aliphatic carbocycles. The molecule has 0 amide bonds. The summed E-state index contributed by atoms with van der Waals surface area (Å²) in [6, 6.07) is 0. The number of hydrazone groups is 1. The Morgan fingerprint density at radius 3 is 3.40 bits per heavy atom. The van der Waals surface area contributed by atoms with Crippen LogP contribution in [0.1, 0.15) is 0 Å². The fourth-order valence-electron chi connectivity index (χ4n) is 0.867. The summed E-state index contributed by atoms with van der Waals surface area (Å²) < 4.78 is 1.01. The Bertz CT molecular complexity index is 232. The molecule has 2 rings (SSSR count). The molecule has 1 atom stereocenters. The van der Waals surface area contributed by atoms with Crippen molar-refractivity contribution in [2.45, 2.75) is 6.17 Å². The van der Waals surface area contributed by atoms with Crippen LogP contribution < -0.4 is 5.32 Å². The molecule has 5 heteroatoms. The second-order valence-electron chi connectivity index (χ2n) is 1.95. The molecule has 0 saturated heterocycles. The number of hydrogen-bond donors (Lipinski definition) is 1. The van der Waals surface area contributed by atoms with Crippen molar-refractivity contribution in [1.29, 1.82) is 0 Å². The fraction of sp³-hybridized carbons (Fsp3) is 0.200. The standard InChI is InChI=1S/C5H5IN4/c6-4-5-7-1-2-10(5)9-3-8-4/h1-3,5,7H. The van der Waals surface area contributed by atoms with Gasteiger partial charge in [0.2, 0.25) is 0 Å². The Hall–Kier alpha value is -0.590. The molecule has 0 aromatic rings. The smallest absolute Gasteiger partial charge is 0.169 e. The van der Waals surface area contributed by atoms with Crippen molar-refractivity contribution < 1.29 is 0 Å². The van der Waals surface area contributed by atoms with E-state index in [0.29, 0.717) is 0 Å². The first-order valence-corrected chi connectivity index (χ1v) is 3.92. The summed E-state index contributed by atoms with van der Waals surface area (Å²) in [6.07, 6.45) is 5.44. The van der Waals surface area contributed by atoms with Gasteiger partial charge >= 0.3 is 0 Å². The maximum absolute atomic E-state index is 4.04. The van der Waals surface area contributed by atoms with Crippen molar-refractivity contribution in [2.75, 3.05) is 0 Å². The molecule has 0 spiro atoms. The van der Waals surface area contributed by atoms with Gasteiger partial charge in [0.25, 0.3) is 0 Å². The van der Waals surface area contributed by atoms with Crippen LogP contribution in [0.3, 0.4) is 0 Å². The van der Waals surface area contributed by atoms with Gasteiger partial charge in [0.05, 0.1) is 0 Å². The topological polar surface area (TPSA) is 40.0 Å². The first-order valence-electron chi connectivity index (χ1n) is 2.84. The van der Waals surface area contributed by atoms with Gasteiger partial charge in [-0.05, 0) is 22.6 Å². The molecule has 0 radical (unpaired) electrons. The molecule has 52 valence electrons. The van der Waals surface area contributed by atoms with Crippen LogP contribution in [-0.2, 0) is 0 Å². The van der Waals surface area contributed by atoms with Crippen molar-refractivity contribution >= 4 is 32.6 Å². The van der Waals surface area contributed by atoms with E-state index in [2.05, 4.69) is 38.0 Å². The molecule has 2 aliphatic rings. The second kappa shape index (κ2) is 2.22. The largest absolute Gasteiger partial charge is 0.363 e. The number of aliphatic imine (C=N–C) groups is 1. The Morgan fingerprint density at radius 2 is 2.60 bits per heavy atom. The molecule has 2 heterocycles. The monoisotopic (exact) mass is 248 g/mol. The van der Waals surface area contributed by atoms with E-state index in [1.165, 1.54) is 0 Å². The van der Waals surface area contributed by atoms with Gasteiger partial charge < -0.3 is 5.32 Å². The molecule has 0 fully saturated rings. The van der Waals surface area contributed by atoms with Crippen LogP contribution in [-0.4, -0.2) is 21.2 Å². The third kappa shape index (κ3) is 0.808. The molecule has 0 bridgehead atoms. The van der Waals surface area contributed by atoms with E-state index < -0.39 is 0 Å². The predicted octanol–water partition coefficient (Wildman–Crippen LogP) is 0.479. The van der Waals surface area contributed by atoms with Crippen LogP contribution >= 0.6 is 22.6 Å². The van der Waals surface area contributed by atoms with Crippen molar-refractivity contribution in [2.24, 2.45) is 10.1 Å². The molecule has 0 aromatic carbocycles. The number of fused-ring (bicyclic) bond motifs is 1. The lowest BCUT2D eigenvalue weighted by molar-refractivity contribution is 0.362. The number of nitrogens with one attached hydrogen (secondary N) is 1. The third-order valence-corrected chi connectivity index (χ3v) is 2.21. The Labute approximate surface area is 71.8 Å². The summed E-state index contributed by atoms with van der Waals surface area (Å²) in [5, 5.41) is 8.94. The first kappa shape index (κ1) is 6.14. The summed E-state index contributed by atoms with van der Waals surface area (Å²) in [7, 11) is 0. The van der Waals surface area contributed by atoms with E-state index in [1.54, 1.807) is 6.34 Å². The zero-order chi connectivity index (χ0) is 6.97. The molecule has 1 unspecified atom stereocenters. The minimum Gasteiger partial charge on any atom is -0.363 e. The van der Waals surface area contributed by atoms with Crippen LogP contribution in [0, 0.1) is 0 Å². The highest BCUT2D eigenvalue weighted by molar-refractivity contribution is 14.1. The van der Waals surface area contributed by atoms with Gasteiger partial charge in [-0.15, -0.1) is 0 Å². The maximum Gasteiger partial charge on any atom is 0.169 e. The van der Waals surface area contributed by atoms with E-state index in [1.807, 2.05) is 17.4 Å². The number of rotatable bonds is 0. The maximum atomic E-state index is 4.04. The van der Waals surface area contributed by atoms with E-state index in [9.17, 15) is 0 Å². The number of hydrogen-bond acceptors (Lipinski definition) is 4. The average Bonchev–Trinajstić information content (AvgIpc) is 2.36. The van der Waals surface area contributed by atoms with Gasteiger partial charge in [0, 0.05) is 12.4 Å². The summed E-state index contributed by atoms with van der Waals surface area (Å²) in [5.74, 6) is 0. The van der Waals surface area contributed by atoms with Gasteiger partial charge in [-0.25, -0.2) is 10.0 Å². The molecule has 2 aliphatic heterocycles. The summed E-state index contributed by atoms with van der Waals surface area (Å²) in [6.45, 7) is 0. The number of nitrogens with zero attached hydrogens (tertiary/aromatic N) is 3. The molecule has 0 saturated carbocycles. The second-order valence-corrected chi connectivity index (χ2v) is 3.05. The summed E-state index contributed by atoms with van der Waals surface area (Å²) >= 11 is 2.19. The molecular formula is C5H5IN4. The van der Waals surface area contributed by atoms with Crippen molar-refractivity contribution in [1.82, 2.24) is 10.3 Å². The van der Waals surface area contributed by atoms with Crippen LogP contribution in [0.25, 0.3) is 0 Å². The van der Waals surface area contributed by atoms with Gasteiger partial charge in [0.1, 0.15) is 10.1 Å². The molecular weight excluding hydrogens is 243 g/mol. The zero-order valence-corrected chi connectivity index (χ0v) is 7.19. The molecule has 1 N–H and O–H groups in total. The third-order valence-electron chi connectivity index (χ3n) is 1.34. The molecule has 0 aromatic heterocycles. The first-order chi connectivity index (χ1) is 4.88. The predicted molar refractivity (Wildman–Crippen MR) is 47.8 cm³/mol. The van der Waals surface area contributed by atoms with Crippen LogP contribution in [0.4, 0.5) is 0 Å². The lowest BCUT2D eigenvalue weighted by atomic mass is 10.5. The van der Waals surface area contributed by atoms with Crippen molar-refractivity contribution in [3.63, 3.8) is 0 Å². The van der Waals surface area contributed by atoms with Crippen LogP contribution in [0.5, 0.6) is 0 Å². The lowest BCUT2D eigenvalue weighted by Crippen LogP contribution is -2.38. The van der Waals surface area contributed by atoms with Gasteiger partial charge in [-0.3, -0.25) is 0 Å². The Morgan fingerprint density at radius 1 is 1.70 bits per heavy atom. The van der Waals surface area contributed by atoms with Gasteiger partial charge in [0.15, 0.2) is 6.17 Å². The van der Waals surface area contributed by atoms with E-state index in [4.69, 9.17) is 0 Å². The normalized spacial score (nSPS) is 27.9. The van der Waals surface area contributed by atoms with Gasteiger partial charge in [-0.1, -0.05) is 0 Å². The zero-order valence-electron chi connectivity index (χ0n) is 5.03. The molecule has 10 heavy (non-hydrogen) atoms. The minimum atomic E-state index is 0.144. The van der Waals surface area contributed by atoms with Crippen LogP contribution in [0.2, 0.25) is 0 Å². The molecule has 4 nitrogen and oxygen atoms in total. The van der Waals surface area contributed by atoms with E-state index in [-0.39, 0.29) is 6.17 Å². The van der Waals surface area contributed by atoms with Gasteiger partial charge in [-0.2, -0.15) is 5.10 Å². The van der Waals surface area contributed by atoms with E-state index in [0.717, 1.165) is 3.72 Å². The highest BCUT2D eigenvalue weighted by Crippen LogP contribution is 2.13. The van der Waals surface area contributed by atoms with Crippen molar-refractivity contribution in [3.05, 3.63) is 12.4 Å². The van der Waals surface area contributed by atoms with E-state index >= 15 is 0 Å².